The Bertz CT molecular complexity index is 287. The topological polar surface area (TPSA) is 12.0 Å². The van der Waals surface area contributed by atoms with Crippen molar-refractivity contribution in [2.75, 3.05) is 7.05 Å². The molecule has 0 radical (unpaired) electrons. The van der Waals surface area contributed by atoms with Crippen LogP contribution in [0, 0.1) is 29.6 Å². The van der Waals surface area contributed by atoms with Crippen molar-refractivity contribution >= 4 is 0 Å². The van der Waals surface area contributed by atoms with Crippen LogP contribution >= 0.6 is 0 Å². The SMILES string of the molecule is CCC1CCCC(C(CC2CC3CCC2C3)NC)C1. The van der Waals surface area contributed by atoms with Crippen molar-refractivity contribution in [2.24, 2.45) is 29.6 Å². The molecule has 3 aliphatic carbocycles. The number of fused-ring (bicyclic) bond motifs is 2. The molecule has 3 saturated carbocycles. The summed E-state index contributed by atoms with van der Waals surface area (Å²) in [6.45, 7) is 2.39. The van der Waals surface area contributed by atoms with Gasteiger partial charge in [-0.1, -0.05) is 32.6 Å². The molecule has 1 heteroatoms. The van der Waals surface area contributed by atoms with Crippen LogP contribution in [0.3, 0.4) is 0 Å². The molecule has 0 amide bonds. The van der Waals surface area contributed by atoms with Gasteiger partial charge in [-0.25, -0.2) is 0 Å². The van der Waals surface area contributed by atoms with Gasteiger partial charge in [0.2, 0.25) is 0 Å². The normalized spacial score (nSPS) is 43.6. The summed E-state index contributed by atoms with van der Waals surface area (Å²) in [7, 11) is 2.22. The van der Waals surface area contributed by atoms with E-state index in [4.69, 9.17) is 0 Å². The average molecular weight is 263 g/mol. The molecule has 6 unspecified atom stereocenters. The lowest BCUT2D eigenvalue weighted by Crippen LogP contribution is -2.38. The maximum atomic E-state index is 3.70. The molecule has 0 aromatic heterocycles. The van der Waals surface area contributed by atoms with Crippen LogP contribution in [0.5, 0.6) is 0 Å². The molecule has 0 aromatic carbocycles. The van der Waals surface area contributed by atoms with E-state index < -0.39 is 0 Å². The predicted molar refractivity (Wildman–Crippen MR) is 82.1 cm³/mol. The van der Waals surface area contributed by atoms with E-state index in [-0.39, 0.29) is 0 Å². The van der Waals surface area contributed by atoms with Crippen LogP contribution < -0.4 is 5.32 Å². The van der Waals surface area contributed by atoms with Gasteiger partial charge in [0, 0.05) is 6.04 Å². The summed E-state index contributed by atoms with van der Waals surface area (Å²) in [4.78, 5) is 0. The van der Waals surface area contributed by atoms with Crippen LogP contribution in [0.1, 0.15) is 71.1 Å². The zero-order valence-corrected chi connectivity index (χ0v) is 13.0. The maximum absolute atomic E-state index is 3.70. The minimum Gasteiger partial charge on any atom is -0.317 e. The first-order valence-electron chi connectivity index (χ1n) is 8.97. The van der Waals surface area contributed by atoms with Gasteiger partial charge in [-0.15, -0.1) is 0 Å². The molecular weight excluding hydrogens is 230 g/mol. The molecule has 3 aliphatic rings. The molecule has 0 aliphatic heterocycles. The summed E-state index contributed by atoms with van der Waals surface area (Å²) in [6.07, 6.45) is 15.1. The minimum absolute atomic E-state index is 0.818. The van der Waals surface area contributed by atoms with E-state index in [1.54, 1.807) is 25.7 Å². The molecule has 1 nitrogen and oxygen atoms in total. The molecule has 3 rings (SSSR count). The van der Waals surface area contributed by atoms with Gasteiger partial charge >= 0.3 is 0 Å². The van der Waals surface area contributed by atoms with E-state index in [1.165, 1.54) is 38.5 Å². The molecule has 1 N–H and O–H groups in total. The van der Waals surface area contributed by atoms with E-state index in [0.29, 0.717) is 0 Å². The molecule has 19 heavy (non-hydrogen) atoms. The van der Waals surface area contributed by atoms with Gasteiger partial charge in [0.1, 0.15) is 0 Å². The van der Waals surface area contributed by atoms with Crippen molar-refractivity contribution < 1.29 is 0 Å². The fourth-order valence-electron chi connectivity index (χ4n) is 5.61. The molecular formula is C18H33N. The second kappa shape index (κ2) is 6.16. The second-order valence-electron chi connectivity index (χ2n) is 7.77. The fourth-order valence-corrected chi connectivity index (χ4v) is 5.61. The molecule has 0 spiro atoms. The van der Waals surface area contributed by atoms with Crippen molar-refractivity contribution in [3.8, 4) is 0 Å². The Morgan fingerprint density at radius 3 is 2.58 bits per heavy atom. The Morgan fingerprint density at radius 2 is 1.95 bits per heavy atom. The van der Waals surface area contributed by atoms with Crippen LogP contribution in [0.4, 0.5) is 0 Å². The third-order valence-corrected chi connectivity index (χ3v) is 6.78. The summed E-state index contributed by atoms with van der Waals surface area (Å²) in [5.74, 6) is 5.28. The Hall–Kier alpha value is -0.0400. The highest BCUT2D eigenvalue weighted by atomic mass is 14.9. The minimum atomic E-state index is 0.818. The van der Waals surface area contributed by atoms with Crippen LogP contribution in [-0.2, 0) is 0 Å². The third-order valence-electron chi connectivity index (χ3n) is 6.78. The summed E-state index contributed by atoms with van der Waals surface area (Å²) < 4.78 is 0. The molecule has 3 fully saturated rings. The molecule has 0 heterocycles. The highest BCUT2D eigenvalue weighted by molar-refractivity contribution is 4.93. The van der Waals surface area contributed by atoms with E-state index in [9.17, 15) is 0 Å². The van der Waals surface area contributed by atoms with Crippen molar-refractivity contribution in [3.05, 3.63) is 0 Å². The number of rotatable bonds is 5. The van der Waals surface area contributed by atoms with E-state index >= 15 is 0 Å². The number of hydrogen-bond acceptors (Lipinski definition) is 1. The number of hydrogen-bond donors (Lipinski definition) is 1. The van der Waals surface area contributed by atoms with Gasteiger partial charge in [0.25, 0.3) is 0 Å². The van der Waals surface area contributed by atoms with Crippen LogP contribution in [-0.4, -0.2) is 13.1 Å². The standard InChI is InChI=1S/C18H33N/c1-3-13-5-4-6-16(9-13)18(19-2)12-17-11-14-7-8-15(17)10-14/h13-19H,3-12H2,1-2H3. The molecule has 2 bridgehead atoms. The first kappa shape index (κ1) is 13.9. The highest BCUT2D eigenvalue weighted by Gasteiger charge is 2.41. The Kier molecular flexibility index (Phi) is 4.51. The van der Waals surface area contributed by atoms with Gasteiger partial charge < -0.3 is 5.32 Å². The highest BCUT2D eigenvalue weighted by Crippen LogP contribution is 2.50. The maximum Gasteiger partial charge on any atom is 0.00951 e. The van der Waals surface area contributed by atoms with Gasteiger partial charge in [-0.3, -0.25) is 0 Å². The van der Waals surface area contributed by atoms with Crippen LogP contribution in [0.25, 0.3) is 0 Å². The molecule has 110 valence electrons. The lowest BCUT2D eigenvalue weighted by Gasteiger charge is -2.36. The van der Waals surface area contributed by atoms with E-state index in [0.717, 1.165) is 35.6 Å². The van der Waals surface area contributed by atoms with E-state index in [1.807, 2.05) is 0 Å². The predicted octanol–water partition coefficient (Wildman–Crippen LogP) is 4.62. The smallest absolute Gasteiger partial charge is 0.00951 e. The first-order chi connectivity index (χ1) is 9.30. The number of nitrogens with one attached hydrogen (secondary N) is 1. The van der Waals surface area contributed by atoms with Gasteiger partial charge in [-0.05, 0) is 75.2 Å². The van der Waals surface area contributed by atoms with Crippen molar-refractivity contribution in [2.45, 2.75) is 77.2 Å². The Balaban J connectivity index is 1.55. The van der Waals surface area contributed by atoms with Gasteiger partial charge in [0.15, 0.2) is 0 Å². The summed E-state index contributed by atoms with van der Waals surface area (Å²) in [5, 5.41) is 3.70. The van der Waals surface area contributed by atoms with Crippen LogP contribution in [0.15, 0.2) is 0 Å². The zero-order chi connectivity index (χ0) is 13.2. The average Bonchev–Trinajstić information content (AvgIpc) is 3.07. The van der Waals surface area contributed by atoms with Crippen molar-refractivity contribution in [1.82, 2.24) is 5.32 Å². The Labute approximate surface area is 119 Å². The summed E-state index contributed by atoms with van der Waals surface area (Å²) in [6, 6.07) is 0.818. The molecule has 0 saturated heterocycles. The van der Waals surface area contributed by atoms with Gasteiger partial charge in [0.05, 0.1) is 0 Å². The van der Waals surface area contributed by atoms with Gasteiger partial charge in [-0.2, -0.15) is 0 Å². The summed E-state index contributed by atoms with van der Waals surface area (Å²) in [5.41, 5.74) is 0. The van der Waals surface area contributed by atoms with Crippen molar-refractivity contribution in [3.63, 3.8) is 0 Å². The zero-order valence-electron chi connectivity index (χ0n) is 13.0. The second-order valence-corrected chi connectivity index (χ2v) is 7.77. The first-order valence-corrected chi connectivity index (χ1v) is 8.97. The lowest BCUT2D eigenvalue weighted by atomic mass is 9.73. The Morgan fingerprint density at radius 1 is 1.05 bits per heavy atom. The molecule has 6 atom stereocenters. The largest absolute Gasteiger partial charge is 0.317 e. The monoisotopic (exact) mass is 263 g/mol. The van der Waals surface area contributed by atoms with E-state index in [2.05, 4.69) is 19.3 Å². The molecule has 0 aromatic rings. The van der Waals surface area contributed by atoms with Crippen LogP contribution in [0.2, 0.25) is 0 Å². The fraction of sp³-hybridized carbons (Fsp3) is 1.00. The van der Waals surface area contributed by atoms with Crippen molar-refractivity contribution in [1.29, 1.82) is 0 Å². The lowest BCUT2D eigenvalue weighted by molar-refractivity contribution is 0.177. The third kappa shape index (κ3) is 3.01. The quantitative estimate of drug-likeness (QED) is 0.763. The summed E-state index contributed by atoms with van der Waals surface area (Å²) >= 11 is 0.